The Bertz CT molecular complexity index is 257. The molecule has 0 aromatic carbocycles. The summed E-state index contributed by atoms with van der Waals surface area (Å²) in [6, 6.07) is 0. The van der Waals surface area contributed by atoms with Gasteiger partial charge in [0, 0.05) is 6.54 Å². The Morgan fingerprint density at radius 2 is 1.94 bits per heavy atom. The summed E-state index contributed by atoms with van der Waals surface area (Å²) in [5, 5.41) is 0. The quantitative estimate of drug-likeness (QED) is 0.729. The summed E-state index contributed by atoms with van der Waals surface area (Å²) in [6.45, 7) is 9.16. The molecule has 2 saturated carbocycles. The molecule has 0 aliphatic heterocycles. The molecule has 2 aliphatic carbocycles. The van der Waals surface area contributed by atoms with E-state index in [0.717, 1.165) is 19.1 Å². The van der Waals surface area contributed by atoms with Gasteiger partial charge in [0.05, 0.1) is 12.7 Å². The molecule has 94 valence electrons. The Morgan fingerprint density at radius 3 is 2.44 bits per heavy atom. The second kappa shape index (κ2) is 3.99. The number of likely N-dealkylation sites (N-methyl/N-ethyl adjacent to an activating group) is 1. The molecule has 0 radical (unpaired) electrons. The number of ether oxygens (including phenoxy) is 1. The minimum atomic E-state index is 0.388. The lowest BCUT2D eigenvalue weighted by Gasteiger charge is -2.42. The van der Waals surface area contributed by atoms with E-state index in [1.807, 2.05) is 0 Å². The summed E-state index contributed by atoms with van der Waals surface area (Å²) in [7, 11) is 4.22. The van der Waals surface area contributed by atoms with Gasteiger partial charge in [-0.1, -0.05) is 20.8 Å². The molecule has 2 heteroatoms. The van der Waals surface area contributed by atoms with Crippen LogP contribution < -0.4 is 0 Å². The van der Waals surface area contributed by atoms with E-state index in [-0.39, 0.29) is 0 Å². The van der Waals surface area contributed by atoms with Gasteiger partial charge in [0.25, 0.3) is 0 Å². The predicted molar refractivity (Wildman–Crippen MR) is 67.5 cm³/mol. The normalized spacial score (nSPS) is 40.9. The maximum absolute atomic E-state index is 6.22. The van der Waals surface area contributed by atoms with Crippen molar-refractivity contribution in [3.63, 3.8) is 0 Å². The Kier molecular flexibility index (Phi) is 3.09. The van der Waals surface area contributed by atoms with Crippen LogP contribution in [0.3, 0.4) is 0 Å². The van der Waals surface area contributed by atoms with Crippen molar-refractivity contribution in [1.82, 2.24) is 4.90 Å². The molecule has 0 aromatic heterocycles. The van der Waals surface area contributed by atoms with E-state index < -0.39 is 0 Å². The van der Waals surface area contributed by atoms with Gasteiger partial charge < -0.3 is 9.64 Å². The van der Waals surface area contributed by atoms with Crippen LogP contribution in [-0.2, 0) is 4.74 Å². The zero-order chi connectivity index (χ0) is 12.0. The standard InChI is InChI=1S/C14H27NO/c1-13(2)11-6-7-14(3,10-11)12(13)16-9-8-15(4)5/h11-12H,6-10H2,1-5H3/t11-,12-,14+/m1/s1. The number of hydrogen-bond acceptors (Lipinski definition) is 2. The molecule has 0 amide bonds. The number of hydrogen-bond donors (Lipinski definition) is 0. The lowest BCUT2D eigenvalue weighted by Crippen LogP contribution is -2.43. The molecule has 2 aliphatic rings. The molecule has 16 heavy (non-hydrogen) atoms. The Hall–Kier alpha value is -0.0800. The molecule has 0 unspecified atom stereocenters. The van der Waals surface area contributed by atoms with E-state index >= 15 is 0 Å². The predicted octanol–water partition coefficient (Wildman–Crippen LogP) is 2.78. The van der Waals surface area contributed by atoms with Crippen LogP contribution in [0.15, 0.2) is 0 Å². The van der Waals surface area contributed by atoms with Crippen molar-refractivity contribution in [3.8, 4) is 0 Å². The van der Waals surface area contributed by atoms with Gasteiger partial charge in [-0.25, -0.2) is 0 Å². The molecule has 3 atom stereocenters. The van der Waals surface area contributed by atoms with Gasteiger partial charge in [-0.3, -0.25) is 0 Å². The minimum Gasteiger partial charge on any atom is -0.376 e. The highest BCUT2D eigenvalue weighted by Crippen LogP contribution is 2.63. The van der Waals surface area contributed by atoms with E-state index in [1.54, 1.807) is 0 Å². The molecule has 0 spiro atoms. The van der Waals surface area contributed by atoms with Gasteiger partial charge in [0.15, 0.2) is 0 Å². The Morgan fingerprint density at radius 1 is 1.25 bits per heavy atom. The molecule has 2 rings (SSSR count). The summed E-state index contributed by atoms with van der Waals surface area (Å²) < 4.78 is 6.22. The van der Waals surface area contributed by atoms with Crippen LogP contribution in [-0.4, -0.2) is 38.3 Å². The monoisotopic (exact) mass is 225 g/mol. The fourth-order valence-corrected chi connectivity index (χ4v) is 4.03. The third kappa shape index (κ3) is 1.91. The first kappa shape index (κ1) is 12.4. The molecule has 0 saturated heterocycles. The number of nitrogens with zero attached hydrogens (tertiary/aromatic N) is 1. The molecular formula is C14H27NO. The van der Waals surface area contributed by atoms with Crippen molar-refractivity contribution in [1.29, 1.82) is 0 Å². The fourth-order valence-electron chi connectivity index (χ4n) is 4.03. The van der Waals surface area contributed by atoms with E-state index in [4.69, 9.17) is 4.74 Å². The topological polar surface area (TPSA) is 12.5 Å². The zero-order valence-electron chi connectivity index (χ0n) is 11.5. The Labute approximate surface area is 100 Å². The first-order chi connectivity index (χ1) is 7.36. The first-order valence-electron chi connectivity index (χ1n) is 6.62. The third-order valence-electron chi connectivity index (χ3n) is 4.96. The van der Waals surface area contributed by atoms with Gasteiger partial charge in [-0.2, -0.15) is 0 Å². The van der Waals surface area contributed by atoms with Crippen LogP contribution in [0.5, 0.6) is 0 Å². The van der Waals surface area contributed by atoms with Crippen LogP contribution >= 0.6 is 0 Å². The second-order valence-electron chi connectivity index (χ2n) is 6.97. The van der Waals surface area contributed by atoms with Gasteiger partial charge in [-0.05, 0) is 50.1 Å². The molecule has 2 fully saturated rings. The molecule has 2 nitrogen and oxygen atoms in total. The van der Waals surface area contributed by atoms with Crippen molar-refractivity contribution in [3.05, 3.63) is 0 Å². The van der Waals surface area contributed by atoms with Crippen molar-refractivity contribution in [2.24, 2.45) is 16.7 Å². The second-order valence-corrected chi connectivity index (χ2v) is 6.97. The molecular weight excluding hydrogens is 198 g/mol. The average molecular weight is 225 g/mol. The van der Waals surface area contributed by atoms with Gasteiger partial charge >= 0.3 is 0 Å². The van der Waals surface area contributed by atoms with Crippen LogP contribution in [0.1, 0.15) is 40.0 Å². The fraction of sp³-hybridized carbons (Fsp3) is 1.00. The van der Waals surface area contributed by atoms with Crippen LogP contribution in [0.25, 0.3) is 0 Å². The first-order valence-corrected chi connectivity index (χ1v) is 6.62. The van der Waals surface area contributed by atoms with Gasteiger partial charge in [0.1, 0.15) is 0 Å². The highest BCUT2D eigenvalue weighted by Gasteiger charge is 2.59. The largest absolute Gasteiger partial charge is 0.376 e. The maximum Gasteiger partial charge on any atom is 0.0682 e. The van der Waals surface area contributed by atoms with Crippen LogP contribution in [0, 0.1) is 16.7 Å². The van der Waals surface area contributed by atoms with Crippen LogP contribution in [0.4, 0.5) is 0 Å². The van der Waals surface area contributed by atoms with Crippen LogP contribution in [0.2, 0.25) is 0 Å². The lowest BCUT2D eigenvalue weighted by molar-refractivity contribution is -0.0906. The highest BCUT2D eigenvalue weighted by molar-refractivity contribution is 5.09. The van der Waals surface area contributed by atoms with E-state index in [1.165, 1.54) is 19.3 Å². The molecule has 0 N–H and O–H groups in total. The van der Waals surface area contributed by atoms with Crippen molar-refractivity contribution in [2.75, 3.05) is 27.2 Å². The number of rotatable bonds is 4. The molecule has 2 bridgehead atoms. The number of fused-ring (bicyclic) bond motifs is 2. The summed E-state index contributed by atoms with van der Waals surface area (Å²) in [5.41, 5.74) is 0.847. The van der Waals surface area contributed by atoms with Crippen molar-refractivity contribution >= 4 is 0 Å². The lowest BCUT2D eigenvalue weighted by atomic mass is 9.70. The minimum absolute atomic E-state index is 0.388. The van der Waals surface area contributed by atoms with E-state index in [0.29, 0.717) is 16.9 Å². The summed E-state index contributed by atoms with van der Waals surface area (Å²) in [6.07, 6.45) is 4.64. The van der Waals surface area contributed by atoms with E-state index in [2.05, 4.69) is 39.8 Å². The van der Waals surface area contributed by atoms with E-state index in [9.17, 15) is 0 Å². The smallest absolute Gasteiger partial charge is 0.0682 e. The van der Waals surface area contributed by atoms with Crippen molar-refractivity contribution < 1.29 is 4.74 Å². The highest BCUT2D eigenvalue weighted by atomic mass is 16.5. The zero-order valence-corrected chi connectivity index (χ0v) is 11.5. The average Bonchev–Trinajstić information content (AvgIpc) is 2.62. The summed E-state index contributed by atoms with van der Waals surface area (Å²) in [5.74, 6) is 0.891. The van der Waals surface area contributed by atoms with Gasteiger partial charge in [-0.15, -0.1) is 0 Å². The van der Waals surface area contributed by atoms with Crippen molar-refractivity contribution in [2.45, 2.75) is 46.1 Å². The Balaban J connectivity index is 1.97. The summed E-state index contributed by atoms with van der Waals surface area (Å²) >= 11 is 0. The molecule has 0 heterocycles. The SMILES string of the molecule is CN(C)CCO[C@@H]1C(C)(C)[C@@H]2CC[C@@]1(C)C2. The third-order valence-corrected chi connectivity index (χ3v) is 4.96. The maximum atomic E-state index is 6.22. The molecule has 0 aromatic rings. The summed E-state index contributed by atoms with van der Waals surface area (Å²) in [4.78, 5) is 2.20. The van der Waals surface area contributed by atoms with Gasteiger partial charge in [0.2, 0.25) is 0 Å².